The Hall–Kier alpha value is -1.81. The molecule has 10 nitrogen and oxygen atoms in total. The molecule has 0 spiro atoms. The van der Waals surface area contributed by atoms with Crippen LogP contribution in [0, 0.1) is 0 Å². The second-order valence-electron chi connectivity index (χ2n) is 12.6. The molecule has 0 aromatic carbocycles. The van der Waals surface area contributed by atoms with Gasteiger partial charge < -0.3 is 24.6 Å². The highest BCUT2D eigenvalue weighted by molar-refractivity contribution is 7.47. The molecule has 286 valence electrons. The van der Waals surface area contributed by atoms with E-state index in [1.54, 1.807) is 0 Å². The third-order valence-electron chi connectivity index (χ3n) is 7.77. The first-order chi connectivity index (χ1) is 23.7. The van der Waals surface area contributed by atoms with Crippen LogP contribution in [0.1, 0.15) is 155 Å². The average Bonchev–Trinajstić information content (AvgIpc) is 3.09. The molecule has 0 bridgehead atoms. The van der Waals surface area contributed by atoms with Gasteiger partial charge in [0.15, 0.2) is 6.10 Å². The number of carbonyl (C=O) groups is 2. The third kappa shape index (κ3) is 34.4. The summed E-state index contributed by atoms with van der Waals surface area (Å²) in [6, 6.07) is 0. The van der Waals surface area contributed by atoms with Crippen LogP contribution in [0.15, 0.2) is 36.5 Å². The van der Waals surface area contributed by atoms with Gasteiger partial charge in [-0.3, -0.25) is 18.6 Å². The number of carbonyl (C=O) groups excluding carboxylic acids is 2. The highest BCUT2D eigenvalue weighted by atomic mass is 31.2. The number of hydrogen-bond acceptors (Lipinski definition) is 9. The Bertz CT molecular complexity index is 920. The van der Waals surface area contributed by atoms with E-state index in [0.717, 1.165) is 83.5 Å². The summed E-state index contributed by atoms with van der Waals surface area (Å²) in [6.45, 7) is 2.26. The van der Waals surface area contributed by atoms with Crippen LogP contribution in [0.3, 0.4) is 0 Å². The summed E-state index contributed by atoms with van der Waals surface area (Å²) in [5.74, 6) is -0.956. The van der Waals surface area contributed by atoms with Crippen LogP contribution in [-0.2, 0) is 32.7 Å². The van der Waals surface area contributed by atoms with Gasteiger partial charge >= 0.3 is 19.8 Å². The van der Waals surface area contributed by atoms with E-state index < -0.39 is 51.8 Å². The van der Waals surface area contributed by atoms with Crippen LogP contribution in [0.2, 0.25) is 0 Å². The number of allylic oxidation sites excluding steroid dienone is 6. The summed E-state index contributed by atoms with van der Waals surface area (Å²) >= 11 is 0. The van der Waals surface area contributed by atoms with Gasteiger partial charge in [-0.25, -0.2) is 4.57 Å². The lowest BCUT2D eigenvalue weighted by Gasteiger charge is -2.20. The number of phosphoric ester groups is 1. The topological polar surface area (TPSA) is 149 Å². The molecule has 49 heavy (non-hydrogen) atoms. The fourth-order valence-corrected chi connectivity index (χ4v) is 5.56. The first kappa shape index (κ1) is 47.2. The lowest BCUT2D eigenvalue weighted by Crippen LogP contribution is -2.29. The molecule has 0 amide bonds. The predicted octanol–water partition coefficient (Wildman–Crippen LogP) is 9.22. The van der Waals surface area contributed by atoms with Crippen LogP contribution in [0.5, 0.6) is 0 Å². The smallest absolute Gasteiger partial charge is 0.462 e. The van der Waals surface area contributed by atoms with Gasteiger partial charge in [-0.1, -0.05) is 115 Å². The number of hydrogen-bond donors (Lipinski definition) is 3. The average molecular weight is 717 g/mol. The van der Waals surface area contributed by atoms with Crippen molar-refractivity contribution in [1.82, 2.24) is 0 Å². The molecule has 0 saturated carbocycles. The Morgan fingerprint density at radius 2 is 1.08 bits per heavy atom. The van der Waals surface area contributed by atoms with Gasteiger partial charge in [-0.2, -0.15) is 0 Å². The molecule has 11 heteroatoms. The quantitative estimate of drug-likeness (QED) is 0.0251. The second-order valence-corrected chi connectivity index (χ2v) is 14.0. The normalized spacial score (nSPS) is 14.5. The molecule has 3 N–H and O–H groups in total. The molecule has 0 aromatic heterocycles. The number of unbranched alkanes of at least 4 members (excludes halogenated alkanes) is 15. The number of phosphoric acid groups is 1. The number of aliphatic hydroxyl groups is 2. The Morgan fingerprint density at radius 3 is 1.65 bits per heavy atom. The monoisotopic (exact) mass is 716 g/mol. The van der Waals surface area contributed by atoms with Gasteiger partial charge in [0.1, 0.15) is 12.7 Å². The van der Waals surface area contributed by atoms with Crippen LogP contribution in [0.25, 0.3) is 0 Å². The number of esters is 2. The van der Waals surface area contributed by atoms with E-state index in [1.165, 1.54) is 32.1 Å². The van der Waals surface area contributed by atoms with Crippen molar-refractivity contribution in [2.45, 2.75) is 167 Å². The molecule has 0 fully saturated rings. The SMILES string of the molecule is CCCC/C=C\CCCCCCCC(=O)OCC(COP(=O)(O)OCC(O)CO)OC(=O)CCCCCCC/C=C\C/C=C\CCCCC. The maximum Gasteiger partial charge on any atom is 0.472 e. The minimum atomic E-state index is -4.61. The van der Waals surface area contributed by atoms with E-state index in [4.69, 9.17) is 19.1 Å². The summed E-state index contributed by atoms with van der Waals surface area (Å²) in [7, 11) is -4.61. The van der Waals surface area contributed by atoms with Crippen molar-refractivity contribution < 1.29 is 47.8 Å². The molecule has 3 unspecified atom stereocenters. The molecular formula is C38H69O10P. The molecular weight excluding hydrogens is 647 g/mol. The summed E-state index contributed by atoms with van der Waals surface area (Å²) in [5.41, 5.74) is 0. The van der Waals surface area contributed by atoms with E-state index >= 15 is 0 Å². The van der Waals surface area contributed by atoms with E-state index in [2.05, 4.69) is 54.8 Å². The van der Waals surface area contributed by atoms with E-state index in [0.29, 0.717) is 12.8 Å². The first-order valence-electron chi connectivity index (χ1n) is 18.9. The van der Waals surface area contributed by atoms with Crippen molar-refractivity contribution in [2.75, 3.05) is 26.4 Å². The second kappa shape index (κ2) is 34.6. The zero-order valence-electron chi connectivity index (χ0n) is 30.7. The van der Waals surface area contributed by atoms with Crippen LogP contribution < -0.4 is 0 Å². The van der Waals surface area contributed by atoms with Crippen molar-refractivity contribution in [3.8, 4) is 0 Å². The van der Waals surface area contributed by atoms with Gasteiger partial charge in [-0.15, -0.1) is 0 Å². The Kier molecular flexibility index (Phi) is 33.4. The van der Waals surface area contributed by atoms with E-state index in [9.17, 15) is 24.2 Å². The minimum absolute atomic E-state index is 0.166. The van der Waals surface area contributed by atoms with E-state index in [-0.39, 0.29) is 19.4 Å². The molecule has 0 heterocycles. The third-order valence-corrected chi connectivity index (χ3v) is 8.72. The Balaban J connectivity index is 4.41. The van der Waals surface area contributed by atoms with Gasteiger partial charge in [-0.05, 0) is 64.2 Å². The van der Waals surface area contributed by atoms with E-state index in [1.807, 2.05) is 0 Å². The molecule has 3 atom stereocenters. The number of aliphatic hydroxyl groups excluding tert-OH is 2. The number of rotatable bonds is 35. The molecule has 0 rings (SSSR count). The van der Waals surface area contributed by atoms with Crippen molar-refractivity contribution in [2.24, 2.45) is 0 Å². The lowest BCUT2D eigenvalue weighted by atomic mass is 10.1. The van der Waals surface area contributed by atoms with Crippen LogP contribution in [-0.4, -0.2) is 65.7 Å². The van der Waals surface area contributed by atoms with Crippen LogP contribution in [0.4, 0.5) is 0 Å². The van der Waals surface area contributed by atoms with Crippen molar-refractivity contribution >= 4 is 19.8 Å². The first-order valence-corrected chi connectivity index (χ1v) is 20.4. The summed E-state index contributed by atoms with van der Waals surface area (Å²) < 4.78 is 32.5. The minimum Gasteiger partial charge on any atom is -0.462 e. The summed E-state index contributed by atoms with van der Waals surface area (Å²) in [5, 5.41) is 18.3. The molecule has 0 radical (unpaired) electrons. The van der Waals surface area contributed by atoms with Gasteiger partial charge in [0.2, 0.25) is 0 Å². The van der Waals surface area contributed by atoms with Gasteiger partial charge in [0.25, 0.3) is 0 Å². The highest BCUT2D eigenvalue weighted by Crippen LogP contribution is 2.43. The van der Waals surface area contributed by atoms with Crippen LogP contribution >= 0.6 is 7.82 Å². The van der Waals surface area contributed by atoms with Crippen molar-refractivity contribution in [1.29, 1.82) is 0 Å². The summed E-state index contributed by atoms with van der Waals surface area (Å²) in [6.07, 6.45) is 32.6. The molecule has 0 aliphatic rings. The lowest BCUT2D eigenvalue weighted by molar-refractivity contribution is -0.161. The zero-order valence-corrected chi connectivity index (χ0v) is 31.5. The molecule has 0 aliphatic heterocycles. The maximum absolute atomic E-state index is 12.5. The maximum atomic E-state index is 12.5. The van der Waals surface area contributed by atoms with Gasteiger partial charge in [0, 0.05) is 12.8 Å². The fraction of sp³-hybridized carbons (Fsp3) is 0.789. The van der Waals surface area contributed by atoms with Crippen molar-refractivity contribution in [3.63, 3.8) is 0 Å². The molecule has 0 saturated heterocycles. The summed E-state index contributed by atoms with van der Waals surface area (Å²) in [4.78, 5) is 34.8. The van der Waals surface area contributed by atoms with Gasteiger partial charge in [0.05, 0.1) is 19.8 Å². The zero-order chi connectivity index (χ0) is 36.3. The Morgan fingerprint density at radius 1 is 0.612 bits per heavy atom. The fourth-order valence-electron chi connectivity index (χ4n) is 4.77. The largest absolute Gasteiger partial charge is 0.472 e. The molecule has 0 aromatic rings. The highest BCUT2D eigenvalue weighted by Gasteiger charge is 2.27. The predicted molar refractivity (Wildman–Crippen MR) is 196 cm³/mol. The number of ether oxygens (including phenoxy) is 2. The van der Waals surface area contributed by atoms with Crippen molar-refractivity contribution in [3.05, 3.63) is 36.5 Å². The Labute approximate surface area is 297 Å². The standard InChI is InChI=1S/C38H69O10P/c1-3-5-7-9-11-13-15-16-17-18-20-22-24-26-28-30-38(42)48-36(34-47-49(43,44)46-32-35(40)31-39)33-45-37(41)29-27-25-23-21-19-14-12-10-8-6-4-2/h10-13,16-17,35-36,39-40H,3-9,14-15,18-34H2,1-2H3,(H,43,44)/b12-10-,13-11-,17-16-. The molecule has 0 aliphatic carbocycles.